The zero-order chi connectivity index (χ0) is 25.9. The van der Waals surface area contributed by atoms with Gasteiger partial charge in [-0.05, 0) is 41.5 Å². The maximum absolute atomic E-state index is 12.1. The summed E-state index contributed by atoms with van der Waals surface area (Å²) in [4.78, 5) is 16.3. The van der Waals surface area contributed by atoms with E-state index in [4.69, 9.17) is 27.9 Å². The van der Waals surface area contributed by atoms with Crippen molar-refractivity contribution >= 4 is 40.0 Å². The number of aromatic hydroxyl groups is 1. The van der Waals surface area contributed by atoms with Crippen molar-refractivity contribution in [1.29, 1.82) is 0 Å². The molecule has 5 rings (SSSR count). The van der Waals surface area contributed by atoms with Crippen LogP contribution < -0.4 is 10.1 Å². The number of hydrogen-bond donors (Lipinski definition) is 2. The highest BCUT2D eigenvalue weighted by atomic mass is 35.5. The lowest BCUT2D eigenvalue weighted by atomic mass is 9.99. The number of nitrogens with zero attached hydrogens (tertiary/aromatic N) is 1. The molecule has 7 heteroatoms. The van der Waals surface area contributed by atoms with Gasteiger partial charge >= 0.3 is 0 Å². The van der Waals surface area contributed by atoms with Crippen molar-refractivity contribution < 1.29 is 14.6 Å². The minimum Gasteiger partial charge on any atom is -0.505 e. The Hall–Kier alpha value is -4.06. The van der Waals surface area contributed by atoms with E-state index in [1.165, 1.54) is 6.92 Å². The molecule has 0 spiro atoms. The average molecular weight is 529 g/mol. The van der Waals surface area contributed by atoms with E-state index < -0.39 is 6.23 Å². The smallest absolute Gasteiger partial charge is 0.219 e. The van der Waals surface area contributed by atoms with E-state index in [-0.39, 0.29) is 11.7 Å². The molecule has 37 heavy (non-hydrogen) atoms. The molecule has 184 valence electrons. The monoisotopic (exact) mass is 528 g/mol. The summed E-state index contributed by atoms with van der Waals surface area (Å²) in [6.07, 6.45) is 0.716. The summed E-state index contributed by atoms with van der Waals surface area (Å²) >= 11 is 13.4. The van der Waals surface area contributed by atoms with Gasteiger partial charge in [-0.15, -0.1) is 0 Å². The Morgan fingerprint density at radius 1 is 0.892 bits per heavy atom. The largest absolute Gasteiger partial charge is 0.505 e. The van der Waals surface area contributed by atoms with Gasteiger partial charge in [0.1, 0.15) is 17.0 Å². The molecular weight excluding hydrogens is 507 g/mol. The van der Waals surface area contributed by atoms with Crippen LogP contribution in [0, 0.1) is 0 Å². The van der Waals surface area contributed by atoms with Crippen LogP contribution in [0.15, 0.2) is 97.2 Å². The Bertz CT molecular complexity index is 1590. The Balaban J connectivity index is 1.52. The van der Waals surface area contributed by atoms with Gasteiger partial charge < -0.3 is 15.2 Å². The Labute approximate surface area is 224 Å². The summed E-state index contributed by atoms with van der Waals surface area (Å²) in [5.74, 6) is 0.237. The third-order valence-corrected chi connectivity index (χ3v) is 6.70. The maximum atomic E-state index is 12.1. The van der Waals surface area contributed by atoms with Crippen molar-refractivity contribution in [3.63, 3.8) is 0 Å². The Kier molecular flexibility index (Phi) is 6.99. The molecule has 4 aromatic carbocycles. The fraction of sp³-hybridized carbons (Fsp3) is 0.0667. The molecule has 5 nitrogen and oxygen atoms in total. The zero-order valence-electron chi connectivity index (χ0n) is 19.8. The topological polar surface area (TPSA) is 71.5 Å². The van der Waals surface area contributed by atoms with E-state index in [1.54, 1.807) is 42.6 Å². The van der Waals surface area contributed by atoms with E-state index in [2.05, 4.69) is 10.3 Å². The average Bonchev–Trinajstić information content (AvgIpc) is 2.91. The van der Waals surface area contributed by atoms with Gasteiger partial charge in [0.25, 0.3) is 0 Å². The lowest BCUT2D eigenvalue weighted by Crippen LogP contribution is -2.30. The van der Waals surface area contributed by atoms with Crippen LogP contribution in [0.5, 0.6) is 11.5 Å². The van der Waals surface area contributed by atoms with Crippen LogP contribution in [0.4, 0.5) is 0 Å². The molecule has 1 amide bonds. The number of nitrogens with one attached hydrogen (secondary N) is 1. The predicted molar refractivity (Wildman–Crippen MR) is 148 cm³/mol. The van der Waals surface area contributed by atoms with Gasteiger partial charge in [0, 0.05) is 35.2 Å². The second-order valence-corrected chi connectivity index (χ2v) is 9.24. The molecule has 0 saturated heterocycles. The number of benzene rings is 4. The standard InChI is InChI=1S/C30H22Cl2N2O3/c1-18(35)34-30(37-21-14-12-20(13-15-21)19-7-3-2-4-8-19)24-10-5-9-22(27(24)32)25-17-26(31)23-11-6-16-33-28(23)29(25)36/h2-17,30,36H,1H3,(H,34,35). The third kappa shape index (κ3) is 5.10. The molecule has 1 atom stereocenters. The van der Waals surface area contributed by atoms with Crippen LogP contribution >= 0.6 is 23.2 Å². The summed E-state index contributed by atoms with van der Waals surface area (Å²) in [6, 6.07) is 28.1. The van der Waals surface area contributed by atoms with Gasteiger partial charge in [-0.3, -0.25) is 9.78 Å². The molecule has 0 aliphatic heterocycles. The molecule has 0 radical (unpaired) electrons. The third-order valence-electron chi connectivity index (χ3n) is 5.97. The number of halogens is 2. The minimum absolute atomic E-state index is 0.0347. The van der Waals surface area contributed by atoms with Gasteiger partial charge in [-0.1, -0.05) is 83.9 Å². The SMILES string of the molecule is CC(=O)NC(Oc1ccc(-c2ccccc2)cc1)c1cccc(-c2cc(Cl)c3cccnc3c2O)c1Cl. The van der Waals surface area contributed by atoms with Gasteiger partial charge in [-0.25, -0.2) is 0 Å². The number of fused-ring (bicyclic) bond motifs is 1. The molecule has 0 bridgehead atoms. The quantitative estimate of drug-likeness (QED) is 0.220. The number of carbonyl (C=O) groups is 1. The number of aromatic nitrogens is 1. The molecule has 0 saturated carbocycles. The van der Waals surface area contributed by atoms with Crippen LogP contribution in [0.2, 0.25) is 10.0 Å². The second kappa shape index (κ2) is 10.5. The summed E-state index contributed by atoms with van der Waals surface area (Å²) in [6.45, 7) is 1.41. The van der Waals surface area contributed by atoms with Gasteiger partial charge in [0.05, 0.1) is 10.0 Å². The van der Waals surface area contributed by atoms with Crippen molar-refractivity contribution in [2.75, 3.05) is 0 Å². The van der Waals surface area contributed by atoms with E-state index >= 15 is 0 Å². The Morgan fingerprint density at radius 2 is 1.62 bits per heavy atom. The molecule has 1 aromatic heterocycles. The van der Waals surface area contributed by atoms with Crippen LogP contribution in [0.3, 0.4) is 0 Å². The lowest BCUT2D eigenvalue weighted by molar-refractivity contribution is -0.121. The first-order chi connectivity index (χ1) is 17.9. The van der Waals surface area contributed by atoms with E-state index in [9.17, 15) is 9.90 Å². The van der Waals surface area contributed by atoms with E-state index in [0.717, 1.165) is 11.1 Å². The fourth-order valence-electron chi connectivity index (χ4n) is 4.20. The van der Waals surface area contributed by atoms with Crippen molar-refractivity contribution in [2.24, 2.45) is 0 Å². The van der Waals surface area contributed by atoms with Gasteiger partial charge in [-0.2, -0.15) is 0 Å². The number of phenolic OH excluding ortho intramolecular Hbond substituents is 1. The summed E-state index contributed by atoms with van der Waals surface area (Å²) in [5, 5.41) is 15.2. The Morgan fingerprint density at radius 3 is 2.35 bits per heavy atom. The molecular formula is C30H22Cl2N2O3. The predicted octanol–water partition coefficient (Wildman–Crippen LogP) is 7.79. The zero-order valence-corrected chi connectivity index (χ0v) is 21.3. The van der Waals surface area contributed by atoms with E-state index in [0.29, 0.717) is 43.4 Å². The maximum Gasteiger partial charge on any atom is 0.219 e. The lowest BCUT2D eigenvalue weighted by Gasteiger charge is -2.23. The van der Waals surface area contributed by atoms with Crippen molar-refractivity contribution in [1.82, 2.24) is 10.3 Å². The number of ether oxygens (including phenoxy) is 1. The second-order valence-electron chi connectivity index (χ2n) is 8.45. The van der Waals surface area contributed by atoms with Gasteiger partial charge in [0.15, 0.2) is 6.23 Å². The highest BCUT2D eigenvalue weighted by Crippen LogP contribution is 2.43. The first kappa shape index (κ1) is 24.6. The number of phenols is 1. The fourth-order valence-corrected chi connectivity index (χ4v) is 4.79. The molecule has 5 aromatic rings. The van der Waals surface area contributed by atoms with E-state index in [1.807, 2.05) is 54.6 Å². The van der Waals surface area contributed by atoms with Crippen LogP contribution in [0.1, 0.15) is 18.7 Å². The number of pyridine rings is 1. The normalized spacial score (nSPS) is 11.8. The number of carbonyl (C=O) groups excluding carboxylic acids is 1. The van der Waals surface area contributed by atoms with Crippen LogP contribution in [-0.2, 0) is 4.79 Å². The molecule has 0 fully saturated rings. The molecule has 0 aliphatic carbocycles. The summed E-state index contributed by atoms with van der Waals surface area (Å²) < 4.78 is 6.18. The summed E-state index contributed by atoms with van der Waals surface area (Å²) in [5.41, 5.74) is 3.99. The number of rotatable bonds is 6. The first-order valence-corrected chi connectivity index (χ1v) is 12.3. The van der Waals surface area contributed by atoms with Crippen molar-refractivity contribution in [2.45, 2.75) is 13.2 Å². The van der Waals surface area contributed by atoms with Crippen LogP contribution in [-0.4, -0.2) is 16.0 Å². The van der Waals surface area contributed by atoms with Crippen molar-refractivity contribution in [3.8, 4) is 33.8 Å². The highest BCUT2D eigenvalue weighted by Gasteiger charge is 2.22. The highest BCUT2D eigenvalue weighted by molar-refractivity contribution is 6.37. The minimum atomic E-state index is -0.872. The molecule has 1 unspecified atom stereocenters. The summed E-state index contributed by atoms with van der Waals surface area (Å²) in [7, 11) is 0. The molecule has 1 heterocycles. The number of amides is 1. The molecule has 2 N–H and O–H groups in total. The first-order valence-electron chi connectivity index (χ1n) is 11.6. The van der Waals surface area contributed by atoms with Crippen molar-refractivity contribution in [3.05, 3.63) is 113 Å². The van der Waals surface area contributed by atoms with Gasteiger partial charge in [0.2, 0.25) is 5.91 Å². The van der Waals surface area contributed by atoms with Crippen LogP contribution in [0.25, 0.3) is 33.2 Å². The number of hydrogen-bond acceptors (Lipinski definition) is 4. The molecule has 0 aliphatic rings.